The van der Waals surface area contributed by atoms with Crippen LogP contribution in [0.15, 0.2) is 29.2 Å². The molecule has 0 spiro atoms. The van der Waals surface area contributed by atoms with Gasteiger partial charge in [0, 0.05) is 12.6 Å². The van der Waals surface area contributed by atoms with Gasteiger partial charge in [-0.15, -0.1) is 0 Å². The van der Waals surface area contributed by atoms with Crippen molar-refractivity contribution in [3.05, 3.63) is 29.8 Å². The molecule has 6 nitrogen and oxygen atoms in total. The average molecular weight is 304 g/mol. The molecular weight excluding hydrogens is 288 g/mol. The van der Waals surface area contributed by atoms with Gasteiger partial charge in [-0.25, -0.2) is 22.0 Å². The Labute approximate surface area is 113 Å². The molecule has 0 aromatic heterocycles. The molecule has 19 heavy (non-hydrogen) atoms. The van der Waals surface area contributed by atoms with Crippen LogP contribution in [0.3, 0.4) is 0 Å². The quantitative estimate of drug-likeness (QED) is 0.800. The number of sulfone groups is 1. The van der Waals surface area contributed by atoms with Gasteiger partial charge in [0.05, 0.1) is 16.4 Å². The van der Waals surface area contributed by atoms with Gasteiger partial charge in [-0.05, 0) is 18.1 Å². The first-order valence-corrected chi connectivity index (χ1v) is 9.22. The van der Waals surface area contributed by atoms with E-state index in [1.807, 2.05) is 0 Å². The summed E-state index contributed by atoms with van der Waals surface area (Å²) in [6.45, 7) is 0.206. The molecule has 1 aliphatic heterocycles. The van der Waals surface area contributed by atoms with E-state index in [9.17, 15) is 16.8 Å². The van der Waals surface area contributed by atoms with Crippen molar-refractivity contribution < 1.29 is 16.8 Å². The number of benzene rings is 1. The third-order valence-electron chi connectivity index (χ3n) is 3.08. The lowest BCUT2D eigenvalue weighted by atomic mass is 10.0. The fraction of sp³-hybridized carbons (Fsp3) is 0.455. The molecule has 3 N–H and O–H groups in total. The summed E-state index contributed by atoms with van der Waals surface area (Å²) >= 11 is 0. The summed E-state index contributed by atoms with van der Waals surface area (Å²) in [5, 5.41) is 7.97. The van der Waals surface area contributed by atoms with Gasteiger partial charge in [-0.1, -0.05) is 18.2 Å². The summed E-state index contributed by atoms with van der Waals surface area (Å²) in [6.07, 6.45) is 0.434. The largest absolute Gasteiger partial charge is 0.309 e. The Morgan fingerprint density at radius 1 is 1.32 bits per heavy atom. The highest BCUT2D eigenvalue weighted by Crippen LogP contribution is 2.31. The van der Waals surface area contributed by atoms with Crippen LogP contribution in [0.5, 0.6) is 0 Å². The summed E-state index contributed by atoms with van der Waals surface area (Å²) < 4.78 is 45.5. The minimum Gasteiger partial charge on any atom is -0.309 e. The van der Waals surface area contributed by atoms with E-state index in [-0.39, 0.29) is 24.1 Å². The van der Waals surface area contributed by atoms with Gasteiger partial charge >= 0.3 is 0 Å². The van der Waals surface area contributed by atoms with E-state index in [1.54, 1.807) is 24.3 Å². The van der Waals surface area contributed by atoms with Crippen LogP contribution >= 0.6 is 0 Å². The summed E-state index contributed by atoms with van der Waals surface area (Å²) in [6, 6.07) is 6.64. The number of nitrogens with two attached hydrogens (primary N) is 1. The summed E-state index contributed by atoms with van der Waals surface area (Å²) in [7, 11) is -6.72. The molecule has 0 fully saturated rings. The Morgan fingerprint density at radius 2 is 2.00 bits per heavy atom. The van der Waals surface area contributed by atoms with Crippen molar-refractivity contribution in [3.8, 4) is 0 Å². The molecule has 1 aliphatic rings. The van der Waals surface area contributed by atoms with Crippen LogP contribution in [0, 0.1) is 0 Å². The molecule has 106 valence electrons. The van der Waals surface area contributed by atoms with Crippen LogP contribution in [0.25, 0.3) is 0 Å². The first kappa shape index (κ1) is 14.4. The van der Waals surface area contributed by atoms with E-state index in [4.69, 9.17) is 5.14 Å². The predicted octanol–water partition coefficient (Wildman–Crippen LogP) is -0.217. The number of primary sulfonamides is 1. The SMILES string of the molecule is NS(=O)(=O)CCNC1CCS(=O)(=O)c2ccccc21. The zero-order valence-electron chi connectivity index (χ0n) is 10.2. The minimum atomic E-state index is -3.51. The van der Waals surface area contributed by atoms with E-state index in [0.717, 1.165) is 0 Å². The van der Waals surface area contributed by atoms with Crippen molar-refractivity contribution in [1.82, 2.24) is 5.32 Å². The fourth-order valence-corrected chi connectivity index (χ4v) is 4.20. The van der Waals surface area contributed by atoms with Gasteiger partial charge in [-0.3, -0.25) is 0 Å². The number of rotatable bonds is 4. The Balaban J connectivity index is 2.17. The van der Waals surface area contributed by atoms with Gasteiger partial charge in [0.2, 0.25) is 10.0 Å². The van der Waals surface area contributed by atoms with Crippen molar-refractivity contribution in [3.63, 3.8) is 0 Å². The average Bonchev–Trinajstić information content (AvgIpc) is 2.31. The molecular formula is C11H16N2O4S2. The zero-order chi connectivity index (χ0) is 14.1. The molecule has 8 heteroatoms. The van der Waals surface area contributed by atoms with E-state index in [2.05, 4.69) is 5.32 Å². The zero-order valence-corrected chi connectivity index (χ0v) is 11.9. The van der Waals surface area contributed by atoms with Crippen LogP contribution in [0.4, 0.5) is 0 Å². The summed E-state index contributed by atoms with van der Waals surface area (Å²) in [5.41, 5.74) is 0.697. The Morgan fingerprint density at radius 3 is 2.68 bits per heavy atom. The summed E-state index contributed by atoms with van der Waals surface area (Å²) in [5.74, 6) is -0.102. The third-order valence-corrected chi connectivity index (χ3v) is 5.67. The van der Waals surface area contributed by atoms with Crippen molar-refractivity contribution in [1.29, 1.82) is 0 Å². The van der Waals surface area contributed by atoms with E-state index in [0.29, 0.717) is 16.9 Å². The molecule has 0 bridgehead atoms. The van der Waals surface area contributed by atoms with Crippen LogP contribution in [0.2, 0.25) is 0 Å². The number of hydrogen-bond acceptors (Lipinski definition) is 5. The molecule has 0 radical (unpaired) electrons. The van der Waals surface area contributed by atoms with E-state index < -0.39 is 19.9 Å². The molecule has 0 saturated carbocycles. The van der Waals surface area contributed by atoms with Gasteiger partial charge < -0.3 is 5.32 Å². The second kappa shape index (κ2) is 5.20. The first-order valence-electron chi connectivity index (χ1n) is 5.85. The Bertz CT molecular complexity index is 668. The van der Waals surface area contributed by atoms with Crippen LogP contribution in [-0.4, -0.2) is 34.9 Å². The standard InChI is InChI=1S/C11H16N2O4S2/c12-19(16,17)8-6-13-10-5-7-18(14,15)11-4-2-1-3-9(10)11/h1-4,10,13H,5-8H2,(H2,12,16,17). The van der Waals surface area contributed by atoms with Crippen LogP contribution < -0.4 is 10.5 Å². The summed E-state index contributed by atoms with van der Waals surface area (Å²) in [4.78, 5) is 0.328. The lowest BCUT2D eigenvalue weighted by molar-refractivity contribution is 0.502. The van der Waals surface area contributed by atoms with Crippen molar-refractivity contribution >= 4 is 19.9 Å². The molecule has 1 aromatic rings. The highest BCUT2D eigenvalue weighted by Gasteiger charge is 2.29. The lowest BCUT2D eigenvalue weighted by Crippen LogP contribution is -2.34. The number of hydrogen-bond donors (Lipinski definition) is 2. The molecule has 2 rings (SSSR count). The number of sulfonamides is 1. The smallest absolute Gasteiger partial charge is 0.210 e. The predicted molar refractivity (Wildman–Crippen MR) is 71.8 cm³/mol. The Hall–Kier alpha value is -0.960. The number of fused-ring (bicyclic) bond motifs is 1. The molecule has 1 unspecified atom stereocenters. The Kier molecular flexibility index (Phi) is 3.95. The van der Waals surface area contributed by atoms with E-state index >= 15 is 0 Å². The van der Waals surface area contributed by atoms with E-state index in [1.165, 1.54) is 0 Å². The molecule has 0 amide bonds. The van der Waals surface area contributed by atoms with Crippen LogP contribution in [0.1, 0.15) is 18.0 Å². The highest BCUT2D eigenvalue weighted by atomic mass is 32.2. The monoisotopic (exact) mass is 304 g/mol. The van der Waals surface area contributed by atoms with Gasteiger partial charge in [0.1, 0.15) is 0 Å². The van der Waals surface area contributed by atoms with Crippen molar-refractivity contribution in [2.45, 2.75) is 17.4 Å². The molecule has 1 aromatic carbocycles. The lowest BCUT2D eigenvalue weighted by Gasteiger charge is -2.26. The van der Waals surface area contributed by atoms with Gasteiger partial charge in [0.15, 0.2) is 9.84 Å². The fourth-order valence-electron chi connectivity index (χ4n) is 2.18. The molecule has 0 aliphatic carbocycles. The maximum absolute atomic E-state index is 11.9. The normalized spacial score (nSPS) is 21.8. The second-order valence-corrected chi connectivity index (χ2v) is 8.33. The first-order chi connectivity index (χ1) is 8.80. The maximum atomic E-state index is 11.9. The maximum Gasteiger partial charge on any atom is 0.210 e. The highest BCUT2D eigenvalue weighted by molar-refractivity contribution is 7.91. The van der Waals surface area contributed by atoms with Crippen molar-refractivity contribution in [2.24, 2.45) is 5.14 Å². The molecule has 1 atom stereocenters. The number of nitrogens with one attached hydrogen (secondary N) is 1. The molecule has 1 heterocycles. The second-order valence-electron chi connectivity index (χ2n) is 4.52. The van der Waals surface area contributed by atoms with Crippen LogP contribution in [-0.2, 0) is 19.9 Å². The topological polar surface area (TPSA) is 106 Å². The van der Waals surface area contributed by atoms with Gasteiger partial charge in [0.25, 0.3) is 0 Å². The third kappa shape index (κ3) is 3.53. The molecule has 0 saturated heterocycles. The minimum absolute atomic E-state index is 0.0665. The van der Waals surface area contributed by atoms with Crippen molar-refractivity contribution in [2.75, 3.05) is 18.1 Å². The van der Waals surface area contributed by atoms with Gasteiger partial charge in [-0.2, -0.15) is 0 Å².